The minimum Gasteiger partial charge on any atom is -0.323 e. The van der Waals surface area contributed by atoms with E-state index in [1.165, 1.54) is 0 Å². The van der Waals surface area contributed by atoms with Gasteiger partial charge in [-0.3, -0.25) is 0 Å². The Morgan fingerprint density at radius 1 is 0.714 bits per heavy atom. The summed E-state index contributed by atoms with van der Waals surface area (Å²) >= 11 is 0. The maximum Gasteiger partial charge on any atom is 2.00 e. The van der Waals surface area contributed by atoms with Gasteiger partial charge in [0.05, 0.1) is 0 Å². The zero-order valence-electron chi connectivity index (χ0n) is 8.63. The molecule has 2 heteroatoms. The van der Waals surface area contributed by atoms with Crippen molar-refractivity contribution in [3.8, 4) is 0 Å². The van der Waals surface area contributed by atoms with Crippen LogP contribution in [0.25, 0.3) is 0 Å². The fourth-order valence-electron chi connectivity index (χ4n) is 0.642. The summed E-state index contributed by atoms with van der Waals surface area (Å²) in [6.07, 6.45) is 0. The molecule has 0 saturated heterocycles. The van der Waals surface area contributed by atoms with Gasteiger partial charge in [-0.1, -0.05) is 0 Å². The maximum absolute atomic E-state index is 2.75. The zero-order chi connectivity index (χ0) is 9.78. The van der Waals surface area contributed by atoms with Crippen molar-refractivity contribution < 1.29 is 17.1 Å². The van der Waals surface area contributed by atoms with E-state index < -0.39 is 0 Å². The normalized spacial score (nSPS) is 7.00. The van der Waals surface area contributed by atoms with Crippen molar-refractivity contribution in [2.45, 2.75) is 0 Å². The molecule has 0 aliphatic carbocycles. The molecule has 1 nitrogen and oxygen atoms in total. The van der Waals surface area contributed by atoms with Gasteiger partial charge >= 0.3 is 17.1 Å². The van der Waals surface area contributed by atoms with Crippen molar-refractivity contribution in [2.24, 2.45) is 0 Å². The molecule has 1 N–H and O–H groups in total. The van der Waals surface area contributed by atoms with Gasteiger partial charge in [0.15, 0.2) is 0 Å². The number of rotatable bonds is 0. The summed E-state index contributed by atoms with van der Waals surface area (Å²) < 4.78 is 0. The fraction of sp³-hybridized carbons (Fsp3) is 0.167. The molecule has 0 fully saturated rings. The van der Waals surface area contributed by atoms with Crippen LogP contribution in [-0.4, -0.2) is 14.1 Å². The first-order valence-electron chi connectivity index (χ1n) is 4.33. The van der Waals surface area contributed by atoms with Gasteiger partial charge in [-0.25, -0.2) is 24.3 Å². The Labute approximate surface area is 97.4 Å². The molecule has 2 rings (SSSR count). The monoisotopic (exact) mass is 231 g/mol. The van der Waals surface area contributed by atoms with E-state index in [9.17, 15) is 0 Å². The molecule has 0 radical (unpaired) electrons. The Balaban J connectivity index is 0. The molecule has 0 amide bonds. The summed E-state index contributed by atoms with van der Waals surface area (Å²) in [5.74, 6) is 0. The first-order chi connectivity index (χ1) is 6.41. The summed E-state index contributed by atoms with van der Waals surface area (Å²) in [6, 6.07) is 20.0. The Hall–Kier alpha value is -0.821. The summed E-state index contributed by atoms with van der Waals surface area (Å²) in [5, 5.41) is 2.75. The largest absolute Gasteiger partial charge is 2.00 e. The minimum atomic E-state index is 0. The van der Waals surface area contributed by atoms with E-state index in [0.29, 0.717) is 0 Å². The molecule has 2 aromatic rings. The van der Waals surface area contributed by atoms with E-state index in [1.807, 2.05) is 74.8 Å². The molecule has 0 unspecified atom stereocenters. The van der Waals surface area contributed by atoms with Crippen LogP contribution >= 0.6 is 0 Å². The molecule has 0 atom stereocenters. The van der Waals surface area contributed by atoms with Gasteiger partial charge < -0.3 is 5.32 Å². The van der Waals surface area contributed by atoms with E-state index in [2.05, 4.69) is 5.32 Å². The van der Waals surface area contributed by atoms with Crippen LogP contribution in [0.3, 0.4) is 0 Å². The number of hydrogen-bond acceptors (Lipinski definition) is 1. The molecule has 0 saturated carbocycles. The molecular weight excluding hydrogens is 214 g/mol. The van der Waals surface area contributed by atoms with Crippen LogP contribution in [0.2, 0.25) is 0 Å². The van der Waals surface area contributed by atoms with Gasteiger partial charge in [-0.15, -0.1) is 0 Å². The standard InChI is InChI=1S/2C5H5.C2H7N.Fe/c2*1-2-4-5-3-1;1-3-2;/h2*1-5H;3H,1-2H3;/q2*-1;;+2. The van der Waals surface area contributed by atoms with E-state index in [4.69, 9.17) is 0 Å². The molecule has 2 aromatic carbocycles. The Bertz CT molecular complexity index is 162. The van der Waals surface area contributed by atoms with Crippen LogP contribution in [0.1, 0.15) is 0 Å². The van der Waals surface area contributed by atoms with Crippen molar-refractivity contribution in [1.82, 2.24) is 5.32 Å². The van der Waals surface area contributed by atoms with Crippen LogP contribution in [0.5, 0.6) is 0 Å². The third-order valence-corrected chi connectivity index (χ3v) is 1.11. The molecule has 0 aliphatic rings. The molecule has 78 valence electrons. The number of hydrogen-bond donors (Lipinski definition) is 1. The van der Waals surface area contributed by atoms with Crippen molar-refractivity contribution in [3.05, 3.63) is 60.7 Å². The van der Waals surface area contributed by atoms with Gasteiger partial charge in [0, 0.05) is 0 Å². The number of nitrogens with one attached hydrogen (secondary N) is 1. The van der Waals surface area contributed by atoms with Crippen LogP contribution < -0.4 is 5.32 Å². The maximum atomic E-state index is 2.75. The molecule has 0 spiro atoms. The first kappa shape index (κ1) is 15.6. The first-order valence-corrected chi connectivity index (χ1v) is 4.33. The average Bonchev–Trinajstić information content (AvgIpc) is 2.85. The average molecular weight is 231 g/mol. The second-order valence-corrected chi connectivity index (χ2v) is 2.42. The zero-order valence-corrected chi connectivity index (χ0v) is 9.73. The Kier molecular flexibility index (Phi) is 16.4. The quantitative estimate of drug-likeness (QED) is 0.543. The summed E-state index contributed by atoms with van der Waals surface area (Å²) in [6.45, 7) is 0. The predicted molar refractivity (Wildman–Crippen MR) is 59.1 cm³/mol. The van der Waals surface area contributed by atoms with E-state index in [0.717, 1.165) is 0 Å². The van der Waals surface area contributed by atoms with Crippen LogP contribution in [-0.2, 0) is 17.1 Å². The van der Waals surface area contributed by atoms with Gasteiger partial charge in [0.25, 0.3) is 0 Å². The second kappa shape index (κ2) is 14.7. The molecule has 0 aliphatic heterocycles. The van der Waals surface area contributed by atoms with E-state index >= 15 is 0 Å². The summed E-state index contributed by atoms with van der Waals surface area (Å²) in [5.41, 5.74) is 0. The predicted octanol–water partition coefficient (Wildman–Crippen LogP) is 2.64. The molecular formula is C12H17FeN. The van der Waals surface area contributed by atoms with Crippen molar-refractivity contribution in [1.29, 1.82) is 0 Å². The van der Waals surface area contributed by atoms with Crippen molar-refractivity contribution >= 4 is 0 Å². The second-order valence-electron chi connectivity index (χ2n) is 2.42. The fourth-order valence-corrected chi connectivity index (χ4v) is 0.642. The van der Waals surface area contributed by atoms with Crippen molar-refractivity contribution in [3.63, 3.8) is 0 Å². The third-order valence-electron chi connectivity index (χ3n) is 1.11. The third kappa shape index (κ3) is 13.7. The Morgan fingerprint density at radius 2 is 0.929 bits per heavy atom. The van der Waals surface area contributed by atoms with Gasteiger partial charge in [-0.05, 0) is 14.1 Å². The molecule has 0 heterocycles. The van der Waals surface area contributed by atoms with E-state index in [-0.39, 0.29) is 17.1 Å². The van der Waals surface area contributed by atoms with Crippen LogP contribution in [0.15, 0.2) is 60.7 Å². The van der Waals surface area contributed by atoms with Gasteiger partial charge in [0.1, 0.15) is 0 Å². The molecule has 14 heavy (non-hydrogen) atoms. The Morgan fingerprint density at radius 3 is 1.00 bits per heavy atom. The molecule has 0 aromatic heterocycles. The van der Waals surface area contributed by atoms with Crippen LogP contribution in [0, 0.1) is 0 Å². The minimum absolute atomic E-state index is 0. The van der Waals surface area contributed by atoms with E-state index in [1.54, 1.807) is 0 Å². The van der Waals surface area contributed by atoms with Gasteiger partial charge in [-0.2, -0.15) is 36.4 Å². The van der Waals surface area contributed by atoms with Gasteiger partial charge in [0.2, 0.25) is 0 Å². The topological polar surface area (TPSA) is 12.0 Å². The van der Waals surface area contributed by atoms with Crippen LogP contribution in [0.4, 0.5) is 0 Å². The summed E-state index contributed by atoms with van der Waals surface area (Å²) in [7, 11) is 3.75. The van der Waals surface area contributed by atoms with Crippen molar-refractivity contribution in [2.75, 3.05) is 14.1 Å². The molecule has 0 bridgehead atoms. The smallest absolute Gasteiger partial charge is 0.323 e. The SMILES string of the molecule is CNC.[Fe+2].c1cc[cH-]c1.c1cc[cH-]c1. The summed E-state index contributed by atoms with van der Waals surface area (Å²) in [4.78, 5) is 0.